The average molecular weight is 277 g/mol. The van der Waals surface area contributed by atoms with Gasteiger partial charge in [0.15, 0.2) is 5.96 Å². The van der Waals surface area contributed by atoms with E-state index in [1.54, 1.807) is 19.1 Å². The van der Waals surface area contributed by atoms with Gasteiger partial charge in [0.1, 0.15) is 5.82 Å². The largest absolute Gasteiger partial charge is 0.357 e. The molecule has 1 saturated carbocycles. The van der Waals surface area contributed by atoms with Crippen molar-refractivity contribution < 1.29 is 4.39 Å². The van der Waals surface area contributed by atoms with Crippen molar-refractivity contribution in [3.8, 4) is 0 Å². The van der Waals surface area contributed by atoms with E-state index < -0.39 is 0 Å². The van der Waals surface area contributed by atoms with E-state index in [0.29, 0.717) is 12.1 Å². The van der Waals surface area contributed by atoms with Crippen LogP contribution in [0.25, 0.3) is 0 Å². The average Bonchev–Trinajstić information content (AvgIpc) is 3.24. The number of nitrogens with zero attached hydrogens (tertiary/aromatic N) is 1. The number of hydrogen-bond acceptors (Lipinski definition) is 1. The van der Waals surface area contributed by atoms with Crippen LogP contribution in [0, 0.1) is 18.7 Å². The first kappa shape index (κ1) is 14.8. The van der Waals surface area contributed by atoms with Gasteiger partial charge >= 0.3 is 0 Å². The lowest BCUT2D eigenvalue weighted by Crippen LogP contribution is -2.37. The summed E-state index contributed by atoms with van der Waals surface area (Å²) in [5.41, 5.74) is 1.57. The van der Waals surface area contributed by atoms with E-state index in [1.165, 1.54) is 19.3 Å². The fourth-order valence-electron chi connectivity index (χ4n) is 2.05. The molecule has 2 N–H and O–H groups in total. The topological polar surface area (TPSA) is 36.4 Å². The third kappa shape index (κ3) is 4.83. The zero-order valence-electron chi connectivity index (χ0n) is 12.4. The van der Waals surface area contributed by atoms with Crippen LogP contribution in [0.15, 0.2) is 23.2 Å². The maximum absolute atomic E-state index is 13.5. The molecule has 1 aromatic rings. The van der Waals surface area contributed by atoms with Crippen molar-refractivity contribution in [3.63, 3.8) is 0 Å². The van der Waals surface area contributed by atoms with Crippen molar-refractivity contribution in [2.24, 2.45) is 10.9 Å². The number of benzene rings is 1. The summed E-state index contributed by atoms with van der Waals surface area (Å²) in [5, 5.41) is 6.55. The first-order valence-corrected chi connectivity index (χ1v) is 7.46. The molecule has 1 aromatic carbocycles. The molecule has 0 bridgehead atoms. The molecule has 3 nitrogen and oxygen atoms in total. The highest BCUT2D eigenvalue weighted by molar-refractivity contribution is 5.79. The van der Waals surface area contributed by atoms with Gasteiger partial charge in [-0.2, -0.15) is 0 Å². The highest BCUT2D eigenvalue weighted by Crippen LogP contribution is 2.31. The second-order valence-electron chi connectivity index (χ2n) is 5.44. The minimum Gasteiger partial charge on any atom is -0.357 e. The van der Waals surface area contributed by atoms with Crippen LogP contribution in [0.5, 0.6) is 0 Å². The quantitative estimate of drug-likeness (QED) is 0.619. The van der Waals surface area contributed by atoms with Gasteiger partial charge < -0.3 is 10.6 Å². The lowest BCUT2D eigenvalue weighted by Gasteiger charge is -2.11. The molecule has 0 aliphatic heterocycles. The summed E-state index contributed by atoms with van der Waals surface area (Å²) in [5.74, 6) is 1.56. The molecule has 110 valence electrons. The Labute approximate surface area is 120 Å². The van der Waals surface area contributed by atoms with Crippen molar-refractivity contribution >= 4 is 5.96 Å². The van der Waals surface area contributed by atoms with Gasteiger partial charge in [-0.1, -0.05) is 25.0 Å². The number of nitrogens with one attached hydrogen (secondary N) is 2. The van der Waals surface area contributed by atoms with E-state index in [1.807, 2.05) is 13.0 Å². The first-order chi connectivity index (χ1) is 9.69. The molecular formula is C16H24FN3. The Bertz CT molecular complexity index is 467. The second kappa shape index (κ2) is 7.27. The molecule has 1 aliphatic rings. The molecule has 4 heteroatoms. The van der Waals surface area contributed by atoms with Crippen LogP contribution >= 0.6 is 0 Å². The van der Waals surface area contributed by atoms with Gasteiger partial charge in [0.25, 0.3) is 0 Å². The second-order valence-corrected chi connectivity index (χ2v) is 5.44. The van der Waals surface area contributed by atoms with Crippen LogP contribution in [0.2, 0.25) is 0 Å². The molecule has 2 rings (SSSR count). The molecule has 0 amide bonds. The monoisotopic (exact) mass is 277 g/mol. The summed E-state index contributed by atoms with van der Waals surface area (Å²) >= 11 is 0. The lowest BCUT2D eigenvalue weighted by molar-refractivity contribution is 0.616. The summed E-state index contributed by atoms with van der Waals surface area (Å²) in [7, 11) is 0. The van der Waals surface area contributed by atoms with Crippen LogP contribution in [0.1, 0.15) is 37.3 Å². The summed E-state index contributed by atoms with van der Waals surface area (Å²) in [6.45, 7) is 6.10. The van der Waals surface area contributed by atoms with Crippen molar-refractivity contribution in [1.82, 2.24) is 10.6 Å². The van der Waals surface area contributed by atoms with Gasteiger partial charge in [-0.15, -0.1) is 0 Å². The van der Waals surface area contributed by atoms with Crippen molar-refractivity contribution in [2.45, 2.75) is 39.7 Å². The lowest BCUT2D eigenvalue weighted by atomic mass is 10.1. The van der Waals surface area contributed by atoms with Crippen LogP contribution in [0.3, 0.4) is 0 Å². The van der Waals surface area contributed by atoms with Crippen molar-refractivity contribution in [3.05, 3.63) is 35.1 Å². The predicted octanol–water partition coefficient (Wildman–Crippen LogP) is 2.99. The smallest absolute Gasteiger partial charge is 0.191 e. The molecule has 0 heterocycles. The van der Waals surface area contributed by atoms with Crippen molar-refractivity contribution in [2.75, 3.05) is 13.1 Å². The number of aliphatic imine (C=N–C) groups is 1. The third-order valence-corrected chi connectivity index (χ3v) is 3.54. The van der Waals surface area contributed by atoms with Crippen molar-refractivity contribution in [1.29, 1.82) is 0 Å². The Morgan fingerprint density at radius 1 is 1.35 bits per heavy atom. The van der Waals surface area contributed by atoms with E-state index >= 15 is 0 Å². The minimum atomic E-state index is -0.163. The Hall–Kier alpha value is -1.58. The highest BCUT2D eigenvalue weighted by atomic mass is 19.1. The van der Waals surface area contributed by atoms with E-state index in [2.05, 4.69) is 15.6 Å². The molecule has 1 aliphatic carbocycles. The number of halogens is 1. The molecule has 0 saturated heterocycles. The van der Waals surface area contributed by atoms with Gasteiger partial charge in [-0.25, -0.2) is 9.38 Å². The van der Waals surface area contributed by atoms with E-state index in [-0.39, 0.29) is 5.82 Å². The predicted molar refractivity (Wildman–Crippen MR) is 81.3 cm³/mol. The summed E-state index contributed by atoms with van der Waals surface area (Å²) in [4.78, 5) is 4.50. The standard InChI is InChI=1S/C16H24FN3/c1-3-18-16(19-9-8-13-6-7-13)20-11-14-5-4-12(2)15(17)10-14/h4-5,10,13H,3,6-9,11H2,1-2H3,(H2,18,19,20). The molecule has 0 unspecified atom stereocenters. The maximum atomic E-state index is 13.5. The van der Waals surface area contributed by atoms with Gasteiger partial charge in [0, 0.05) is 13.1 Å². The van der Waals surface area contributed by atoms with Crippen LogP contribution in [-0.2, 0) is 6.54 Å². The number of rotatable bonds is 6. The van der Waals surface area contributed by atoms with E-state index in [0.717, 1.165) is 30.5 Å². The molecular weight excluding hydrogens is 253 g/mol. The molecule has 20 heavy (non-hydrogen) atoms. The zero-order chi connectivity index (χ0) is 14.4. The van der Waals surface area contributed by atoms with Crippen LogP contribution < -0.4 is 10.6 Å². The fourth-order valence-corrected chi connectivity index (χ4v) is 2.05. The molecule has 1 fully saturated rings. The Balaban J connectivity index is 1.87. The van der Waals surface area contributed by atoms with Crippen LogP contribution in [-0.4, -0.2) is 19.0 Å². The Morgan fingerprint density at radius 3 is 2.80 bits per heavy atom. The minimum absolute atomic E-state index is 0.163. The van der Waals surface area contributed by atoms with Crippen LogP contribution in [0.4, 0.5) is 4.39 Å². The maximum Gasteiger partial charge on any atom is 0.191 e. The zero-order valence-corrected chi connectivity index (χ0v) is 12.4. The van der Waals surface area contributed by atoms with Gasteiger partial charge in [0.05, 0.1) is 6.54 Å². The summed E-state index contributed by atoms with van der Waals surface area (Å²) in [6.07, 6.45) is 3.96. The summed E-state index contributed by atoms with van der Waals surface area (Å²) < 4.78 is 13.5. The molecule has 0 atom stereocenters. The van der Waals surface area contributed by atoms with Gasteiger partial charge in [-0.3, -0.25) is 0 Å². The van der Waals surface area contributed by atoms with Gasteiger partial charge in [0.2, 0.25) is 0 Å². The number of hydrogen-bond donors (Lipinski definition) is 2. The molecule has 0 aromatic heterocycles. The molecule has 0 radical (unpaired) electrons. The highest BCUT2D eigenvalue weighted by Gasteiger charge is 2.20. The Kier molecular flexibility index (Phi) is 5.39. The third-order valence-electron chi connectivity index (χ3n) is 3.54. The number of guanidine groups is 1. The Morgan fingerprint density at radius 2 is 2.15 bits per heavy atom. The van der Waals surface area contributed by atoms with Gasteiger partial charge in [-0.05, 0) is 43.4 Å². The van der Waals surface area contributed by atoms with E-state index in [9.17, 15) is 4.39 Å². The van der Waals surface area contributed by atoms with E-state index in [4.69, 9.17) is 0 Å². The summed E-state index contributed by atoms with van der Waals surface area (Å²) in [6, 6.07) is 5.29. The fraction of sp³-hybridized carbons (Fsp3) is 0.562. The molecule has 0 spiro atoms. The number of aryl methyl sites for hydroxylation is 1. The SMILES string of the molecule is CCNC(=NCc1ccc(C)c(F)c1)NCCC1CC1. The first-order valence-electron chi connectivity index (χ1n) is 7.46. The normalized spacial score (nSPS) is 15.2.